The second kappa shape index (κ2) is 5.21. The van der Waals surface area contributed by atoms with Crippen molar-refractivity contribution in [3.05, 3.63) is 27.2 Å². The lowest BCUT2D eigenvalue weighted by atomic mass is 10.1. The zero-order valence-corrected chi connectivity index (χ0v) is 12.6. The molecule has 0 aromatic heterocycles. The van der Waals surface area contributed by atoms with Crippen molar-refractivity contribution >= 4 is 51.8 Å². The number of halogens is 2. The quantitative estimate of drug-likeness (QED) is 0.818. The molecule has 0 spiro atoms. The van der Waals surface area contributed by atoms with Crippen molar-refractivity contribution in [3.8, 4) is 0 Å². The van der Waals surface area contributed by atoms with E-state index in [1.807, 2.05) is 19.1 Å². The molecule has 1 saturated heterocycles. The van der Waals surface area contributed by atoms with Gasteiger partial charge < -0.3 is 4.90 Å². The van der Waals surface area contributed by atoms with Gasteiger partial charge in [-0.05, 0) is 52.2 Å². The number of benzene rings is 1. The number of nitrogens with zero attached hydrogens (tertiary/aromatic N) is 1. The lowest BCUT2D eigenvalue weighted by Gasteiger charge is -2.19. The Bertz CT molecular complexity index is 466. The maximum absolute atomic E-state index is 11.9. The van der Waals surface area contributed by atoms with E-state index in [-0.39, 0.29) is 5.91 Å². The van der Waals surface area contributed by atoms with E-state index in [2.05, 4.69) is 28.6 Å². The van der Waals surface area contributed by atoms with Gasteiger partial charge in [0.15, 0.2) is 0 Å². The number of anilines is 1. The van der Waals surface area contributed by atoms with Gasteiger partial charge in [-0.2, -0.15) is 12.6 Å². The zero-order chi connectivity index (χ0) is 12.6. The Morgan fingerprint density at radius 1 is 1.59 bits per heavy atom. The van der Waals surface area contributed by atoms with Gasteiger partial charge in [-0.25, -0.2) is 0 Å². The number of hydrogen-bond acceptors (Lipinski definition) is 2. The van der Waals surface area contributed by atoms with Crippen LogP contribution >= 0.6 is 40.2 Å². The third-order valence-electron chi connectivity index (χ3n) is 2.98. The monoisotopic (exact) mass is 333 g/mol. The molecule has 1 atom stereocenters. The molecule has 2 rings (SSSR count). The minimum Gasteiger partial charge on any atom is -0.311 e. The molecule has 1 aliphatic rings. The van der Waals surface area contributed by atoms with Gasteiger partial charge in [0.2, 0.25) is 5.91 Å². The van der Waals surface area contributed by atoms with Crippen molar-refractivity contribution in [2.45, 2.75) is 13.3 Å². The van der Waals surface area contributed by atoms with Crippen LogP contribution in [-0.4, -0.2) is 18.2 Å². The van der Waals surface area contributed by atoms with Crippen LogP contribution in [0, 0.1) is 12.8 Å². The molecule has 1 unspecified atom stereocenters. The van der Waals surface area contributed by atoms with Crippen LogP contribution in [-0.2, 0) is 4.79 Å². The lowest BCUT2D eigenvalue weighted by molar-refractivity contribution is -0.117. The van der Waals surface area contributed by atoms with Crippen LogP contribution in [0.25, 0.3) is 0 Å². The van der Waals surface area contributed by atoms with Crippen LogP contribution in [0.5, 0.6) is 0 Å². The van der Waals surface area contributed by atoms with Gasteiger partial charge in [0.1, 0.15) is 0 Å². The first kappa shape index (κ1) is 13.2. The van der Waals surface area contributed by atoms with Gasteiger partial charge >= 0.3 is 0 Å². The molecule has 0 saturated carbocycles. The molecule has 1 amide bonds. The highest BCUT2D eigenvalue weighted by molar-refractivity contribution is 9.10. The smallest absolute Gasteiger partial charge is 0.227 e. The molecule has 1 fully saturated rings. The maximum Gasteiger partial charge on any atom is 0.227 e. The fourth-order valence-electron chi connectivity index (χ4n) is 1.98. The van der Waals surface area contributed by atoms with E-state index in [1.54, 1.807) is 4.90 Å². The molecule has 0 N–H and O–H groups in total. The number of amides is 1. The van der Waals surface area contributed by atoms with Gasteiger partial charge in [0, 0.05) is 22.5 Å². The van der Waals surface area contributed by atoms with Crippen molar-refractivity contribution in [1.29, 1.82) is 0 Å². The Balaban J connectivity index is 2.35. The summed E-state index contributed by atoms with van der Waals surface area (Å²) in [5.74, 6) is 1.21. The summed E-state index contributed by atoms with van der Waals surface area (Å²) in [6.07, 6.45) is 0.571. The van der Waals surface area contributed by atoms with Crippen molar-refractivity contribution in [1.82, 2.24) is 0 Å². The van der Waals surface area contributed by atoms with Crippen LogP contribution in [0.2, 0.25) is 5.02 Å². The lowest BCUT2D eigenvalue weighted by Crippen LogP contribution is -2.25. The molecule has 1 heterocycles. The highest BCUT2D eigenvalue weighted by atomic mass is 79.9. The van der Waals surface area contributed by atoms with Crippen LogP contribution < -0.4 is 4.90 Å². The third kappa shape index (κ3) is 2.64. The molecule has 0 bridgehead atoms. The maximum atomic E-state index is 11.9. The van der Waals surface area contributed by atoms with Gasteiger partial charge in [-0.15, -0.1) is 0 Å². The predicted octanol–water partition coefficient (Wildman–Crippen LogP) is 3.69. The number of rotatable bonds is 2. The summed E-state index contributed by atoms with van der Waals surface area (Å²) in [6, 6.07) is 3.79. The first-order valence-corrected chi connectivity index (χ1v) is 7.20. The Morgan fingerprint density at radius 3 is 2.88 bits per heavy atom. The standard InChI is InChI=1S/C12H13BrClNOS/c1-7-2-9(13)11(4-10(7)14)15-5-8(6-17)3-12(15)16/h2,4,8,17H,3,5-6H2,1H3. The molecule has 1 aromatic carbocycles. The van der Waals surface area contributed by atoms with E-state index in [1.165, 1.54) is 0 Å². The molecule has 92 valence electrons. The first-order valence-electron chi connectivity index (χ1n) is 5.39. The molecular weight excluding hydrogens is 322 g/mol. The highest BCUT2D eigenvalue weighted by Crippen LogP contribution is 2.35. The van der Waals surface area contributed by atoms with E-state index in [9.17, 15) is 4.79 Å². The Morgan fingerprint density at radius 2 is 2.29 bits per heavy atom. The predicted molar refractivity (Wildman–Crippen MR) is 78.2 cm³/mol. The topological polar surface area (TPSA) is 20.3 Å². The van der Waals surface area contributed by atoms with E-state index in [4.69, 9.17) is 11.6 Å². The highest BCUT2D eigenvalue weighted by Gasteiger charge is 2.30. The summed E-state index contributed by atoms with van der Waals surface area (Å²) >= 11 is 13.9. The Hall–Kier alpha value is -0.190. The summed E-state index contributed by atoms with van der Waals surface area (Å²) < 4.78 is 0.910. The molecular formula is C12H13BrClNOS. The summed E-state index contributed by atoms with van der Waals surface area (Å²) in [5, 5.41) is 0.685. The summed E-state index contributed by atoms with van der Waals surface area (Å²) in [7, 11) is 0. The largest absolute Gasteiger partial charge is 0.311 e. The molecule has 17 heavy (non-hydrogen) atoms. The average molecular weight is 335 g/mol. The Kier molecular flexibility index (Phi) is 4.06. The average Bonchev–Trinajstić information content (AvgIpc) is 2.65. The van der Waals surface area contributed by atoms with Gasteiger partial charge in [0.05, 0.1) is 5.69 Å². The normalized spacial score (nSPS) is 20.1. The van der Waals surface area contributed by atoms with Crippen LogP contribution in [0.3, 0.4) is 0 Å². The van der Waals surface area contributed by atoms with Gasteiger partial charge in [0.25, 0.3) is 0 Å². The third-order valence-corrected chi connectivity index (χ3v) is 4.54. The van der Waals surface area contributed by atoms with Crippen molar-refractivity contribution < 1.29 is 4.79 Å². The van der Waals surface area contributed by atoms with Crippen LogP contribution in [0.15, 0.2) is 16.6 Å². The molecule has 0 radical (unpaired) electrons. The zero-order valence-electron chi connectivity index (χ0n) is 9.41. The second-order valence-corrected chi connectivity index (χ2v) is 5.94. The number of thiol groups is 1. The van der Waals surface area contributed by atoms with Crippen molar-refractivity contribution in [2.75, 3.05) is 17.2 Å². The fraction of sp³-hybridized carbons (Fsp3) is 0.417. The number of carbonyl (C=O) groups excluding carboxylic acids is 1. The Labute approximate surface area is 120 Å². The second-order valence-electron chi connectivity index (χ2n) is 4.31. The molecule has 1 aliphatic heterocycles. The summed E-state index contributed by atoms with van der Waals surface area (Å²) in [4.78, 5) is 13.7. The van der Waals surface area contributed by atoms with E-state index in [0.29, 0.717) is 17.4 Å². The number of aryl methyl sites for hydroxylation is 1. The van der Waals surface area contributed by atoms with E-state index < -0.39 is 0 Å². The number of hydrogen-bond donors (Lipinski definition) is 1. The van der Waals surface area contributed by atoms with E-state index >= 15 is 0 Å². The summed E-state index contributed by atoms with van der Waals surface area (Å²) in [6.45, 7) is 2.67. The minimum atomic E-state index is 0.143. The van der Waals surface area contributed by atoms with Gasteiger partial charge in [-0.1, -0.05) is 11.6 Å². The minimum absolute atomic E-state index is 0.143. The first-order chi connectivity index (χ1) is 8.02. The number of carbonyl (C=O) groups is 1. The fourth-order valence-corrected chi connectivity index (χ4v) is 3.05. The van der Waals surface area contributed by atoms with Gasteiger partial charge in [-0.3, -0.25) is 4.79 Å². The van der Waals surface area contributed by atoms with Crippen molar-refractivity contribution in [3.63, 3.8) is 0 Å². The van der Waals surface area contributed by atoms with E-state index in [0.717, 1.165) is 28.0 Å². The van der Waals surface area contributed by atoms with Crippen molar-refractivity contribution in [2.24, 2.45) is 5.92 Å². The summed E-state index contributed by atoms with van der Waals surface area (Å²) in [5.41, 5.74) is 1.86. The van der Waals surface area contributed by atoms with Crippen LogP contribution in [0.4, 0.5) is 5.69 Å². The SMILES string of the molecule is Cc1cc(Br)c(N2CC(CS)CC2=O)cc1Cl. The molecule has 2 nitrogen and oxygen atoms in total. The molecule has 0 aliphatic carbocycles. The molecule has 1 aromatic rings. The molecule has 5 heteroatoms. The van der Waals surface area contributed by atoms with Crippen LogP contribution in [0.1, 0.15) is 12.0 Å².